The van der Waals surface area contributed by atoms with Crippen LogP contribution < -0.4 is 5.73 Å². The van der Waals surface area contributed by atoms with Gasteiger partial charge in [0.1, 0.15) is 6.54 Å². The number of alkyl halides is 3. The highest BCUT2D eigenvalue weighted by Crippen LogP contribution is 2.20. The Morgan fingerprint density at radius 2 is 1.86 bits per heavy atom. The molecule has 3 nitrogen and oxygen atoms in total. The van der Waals surface area contributed by atoms with E-state index in [2.05, 4.69) is 0 Å². The Kier molecular flexibility index (Phi) is 6.20. The number of carbonyl (C=O) groups excluding carboxylic acids is 1. The minimum atomic E-state index is -4.44. The van der Waals surface area contributed by atoms with E-state index in [0.717, 1.165) is 4.90 Å². The van der Waals surface area contributed by atoms with Crippen LogP contribution in [0.5, 0.6) is 0 Å². The topological polar surface area (TPSA) is 46.3 Å². The van der Waals surface area contributed by atoms with Crippen LogP contribution in [0.25, 0.3) is 0 Å². The van der Waals surface area contributed by atoms with E-state index in [0.29, 0.717) is 12.0 Å². The van der Waals surface area contributed by atoms with Crippen molar-refractivity contribution in [1.82, 2.24) is 4.90 Å². The van der Waals surface area contributed by atoms with E-state index >= 15 is 0 Å². The molecule has 0 aromatic heterocycles. The molecule has 1 rings (SSSR count). The van der Waals surface area contributed by atoms with Gasteiger partial charge in [-0.2, -0.15) is 13.2 Å². The third kappa shape index (κ3) is 5.75. The molecule has 118 valence electrons. The van der Waals surface area contributed by atoms with Gasteiger partial charge in [0.05, 0.1) is 6.04 Å². The molecule has 0 fully saturated rings. The third-order valence-electron chi connectivity index (χ3n) is 3.44. The number of amides is 1. The Labute approximate surface area is 122 Å². The summed E-state index contributed by atoms with van der Waals surface area (Å²) in [5, 5.41) is 0. The zero-order valence-corrected chi connectivity index (χ0v) is 12.2. The molecule has 2 N–H and O–H groups in total. The summed E-state index contributed by atoms with van der Waals surface area (Å²) >= 11 is 0. The summed E-state index contributed by atoms with van der Waals surface area (Å²) in [6.07, 6.45) is -3.81. The van der Waals surface area contributed by atoms with Gasteiger partial charge in [-0.25, -0.2) is 0 Å². The minimum Gasteiger partial charge on any atom is -0.328 e. The maximum Gasteiger partial charge on any atom is 0.406 e. The Balaban J connectivity index is 2.89. The van der Waals surface area contributed by atoms with E-state index in [4.69, 9.17) is 5.73 Å². The molecule has 0 saturated carbocycles. The van der Waals surface area contributed by atoms with Crippen LogP contribution in [0.15, 0.2) is 30.3 Å². The Morgan fingerprint density at radius 1 is 1.29 bits per heavy atom. The zero-order chi connectivity index (χ0) is 16.0. The molecule has 0 aliphatic carbocycles. The fourth-order valence-corrected chi connectivity index (χ4v) is 1.94. The van der Waals surface area contributed by atoms with Crippen LogP contribution in [0.1, 0.15) is 25.8 Å². The van der Waals surface area contributed by atoms with E-state index in [-0.39, 0.29) is 12.5 Å². The van der Waals surface area contributed by atoms with Gasteiger partial charge in [-0.1, -0.05) is 50.6 Å². The number of hydrogen-bond donors (Lipinski definition) is 1. The van der Waals surface area contributed by atoms with E-state index in [1.165, 1.54) is 0 Å². The highest BCUT2D eigenvalue weighted by Gasteiger charge is 2.35. The van der Waals surface area contributed by atoms with Crippen molar-refractivity contribution in [2.45, 2.75) is 39.0 Å². The standard InChI is InChI=1S/C15H21F3N2O/c1-3-11(2)13(19)14(21)20(10-15(16,17)18)9-12-7-5-4-6-8-12/h4-8,11,13H,3,9-10,19H2,1-2H3/t11?,13-/m0/s1. The van der Waals surface area contributed by atoms with Gasteiger partial charge in [0, 0.05) is 6.54 Å². The molecule has 21 heavy (non-hydrogen) atoms. The van der Waals surface area contributed by atoms with Gasteiger partial charge in [0.2, 0.25) is 5.91 Å². The average molecular weight is 302 g/mol. The molecular formula is C15H21F3N2O. The van der Waals surface area contributed by atoms with Crippen molar-refractivity contribution in [2.75, 3.05) is 6.54 Å². The first-order chi connectivity index (χ1) is 9.74. The van der Waals surface area contributed by atoms with E-state index in [1.807, 2.05) is 6.92 Å². The minimum absolute atomic E-state index is 0.0939. The van der Waals surface area contributed by atoms with Gasteiger partial charge in [-0.15, -0.1) is 0 Å². The van der Waals surface area contributed by atoms with Gasteiger partial charge in [-0.05, 0) is 11.5 Å². The maximum atomic E-state index is 12.7. The summed E-state index contributed by atoms with van der Waals surface area (Å²) in [4.78, 5) is 13.0. The van der Waals surface area contributed by atoms with Crippen LogP contribution in [-0.2, 0) is 11.3 Å². The molecule has 0 aliphatic heterocycles. The van der Waals surface area contributed by atoms with E-state index < -0.39 is 24.7 Å². The highest BCUT2D eigenvalue weighted by atomic mass is 19.4. The Hall–Kier alpha value is -1.56. The van der Waals surface area contributed by atoms with Crippen molar-refractivity contribution < 1.29 is 18.0 Å². The summed E-state index contributed by atoms with van der Waals surface area (Å²) in [6.45, 7) is 2.23. The van der Waals surface area contributed by atoms with Gasteiger partial charge in [0.25, 0.3) is 0 Å². The molecule has 1 aromatic rings. The summed E-state index contributed by atoms with van der Waals surface area (Å²) < 4.78 is 38.0. The number of hydrogen-bond acceptors (Lipinski definition) is 2. The van der Waals surface area contributed by atoms with Crippen molar-refractivity contribution in [2.24, 2.45) is 11.7 Å². The average Bonchev–Trinajstić information content (AvgIpc) is 2.43. The lowest BCUT2D eigenvalue weighted by molar-refractivity contribution is -0.163. The molecule has 0 saturated heterocycles. The van der Waals surface area contributed by atoms with Gasteiger partial charge < -0.3 is 10.6 Å². The number of halogens is 3. The molecule has 0 spiro atoms. The van der Waals surface area contributed by atoms with Crippen LogP contribution in [0.4, 0.5) is 13.2 Å². The molecule has 2 atom stereocenters. The van der Waals surface area contributed by atoms with Gasteiger partial charge in [0.15, 0.2) is 0 Å². The first-order valence-corrected chi connectivity index (χ1v) is 6.89. The summed E-state index contributed by atoms with van der Waals surface area (Å²) in [5.41, 5.74) is 6.43. The molecule has 0 heterocycles. The molecule has 6 heteroatoms. The van der Waals surface area contributed by atoms with Gasteiger partial charge in [-0.3, -0.25) is 4.79 Å². The Morgan fingerprint density at radius 3 is 2.33 bits per heavy atom. The molecule has 1 unspecified atom stereocenters. The normalized spacial score (nSPS) is 14.6. The quantitative estimate of drug-likeness (QED) is 0.878. The molecule has 1 amide bonds. The molecule has 1 aromatic carbocycles. The number of carbonyl (C=O) groups is 1. The molecular weight excluding hydrogens is 281 g/mol. The second-order valence-electron chi connectivity index (χ2n) is 5.21. The number of nitrogens with zero attached hydrogens (tertiary/aromatic N) is 1. The first kappa shape index (κ1) is 17.5. The van der Waals surface area contributed by atoms with E-state index in [1.54, 1.807) is 37.3 Å². The summed E-state index contributed by atoms with van der Waals surface area (Å²) in [5.74, 6) is -0.825. The number of benzene rings is 1. The van der Waals surface area contributed by atoms with Crippen molar-refractivity contribution >= 4 is 5.91 Å². The molecule has 0 bridgehead atoms. The first-order valence-electron chi connectivity index (χ1n) is 6.89. The summed E-state index contributed by atoms with van der Waals surface area (Å²) in [6, 6.07) is 7.67. The highest BCUT2D eigenvalue weighted by molar-refractivity contribution is 5.82. The van der Waals surface area contributed by atoms with Crippen molar-refractivity contribution in [1.29, 1.82) is 0 Å². The van der Waals surface area contributed by atoms with Crippen LogP contribution in [0, 0.1) is 5.92 Å². The smallest absolute Gasteiger partial charge is 0.328 e. The summed E-state index contributed by atoms with van der Waals surface area (Å²) in [7, 11) is 0. The molecule has 0 aliphatic rings. The maximum absolute atomic E-state index is 12.7. The van der Waals surface area contributed by atoms with Crippen LogP contribution >= 0.6 is 0 Å². The van der Waals surface area contributed by atoms with E-state index in [9.17, 15) is 18.0 Å². The lowest BCUT2D eigenvalue weighted by Gasteiger charge is -2.29. The third-order valence-corrected chi connectivity index (χ3v) is 3.44. The zero-order valence-electron chi connectivity index (χ0n) is 12.2. The Bertz CT molecular complexity index is 448. The second kappa shape index (κ2) is 7.45. The molecule has 0 radical (unpaired) electrons. The predicted molar refractivity (Wildman–Crippen MR) is 75.3 cm³/mol. The lowest BCUT2D eigenvalue weighted by Crippen LogP contribution is -2.49. The monoisotopic (exact) mass is 302 g/mol. The van der Waals surface area contributed by atoms with Crippen molar-refractivity contribution in [3.05, 3.63) is 35.9 Å². The number of rotatable bonds is 6. The number of nitrogens with two attached hydrogens (primary N) is 1. The lowest BCUT2D eigenvalue weighted by atomic mass is 9.98. The van der Waals surface area contributed by atoms with Gasteiger partial charge >= 0.3 is 6.18 Å². The van der Waals surface area contributed by atoms with Crippen LogP contribution in [-0.4, -0.2) is 29.6 Å². The predicted octanol–water partition coefficient (Wildman–Crippen LogP) is 2.95. The van der Waals surface area contributed by atoms with Crippen LogP contribution in [0.3, 0.4) is 0 Å². The fraction of sp³-hybridized carbons (Fsp3) is 0.533. The van der Waals surface area contributed by atoms with Crippen LogP contribution in [0.2, 0.25) is 0 Å². The van der Waals surface area contributed by atoms with Crippen molar-refractivity contribution in [3.8, 4) is 0 Å². The second-order valence-corrected chi connectivity index (χ2v) is 5.21. The fourth-order valence-electron chi connectivity index (χ4n) is 1.94. The largest absolute Gasteiger partial charge is 0.406 e. The van der Waals surface area contributed by atoms with Crippen molar-refractivity contribution in [3.63, 3.8) is 0 Å². The SMILES string of the molecule is CCC(C)[C@H](N)C(=O)N(Cc1ccccc1)CC(F)(F)F.